The maximum Gasteiger partial charge on any atom is 0.203 e. The number of nitrogens with zero attached hydrogens (tertiary/aromatic N) is 3. The highest BCUT2D eigenvalue weighted by Gasteiger charge is 2.38. The molecule has 2 aliphatic rings. The Labute approximate surface area is 116 Å². The summed E-state index contributed by atoms with van der Waals surface area (Å²) in [6.45, 7) is 7.93. The number of aromatic nitrogens is 2. The van der Waals surface area contributed by atoms with Crippen LogP contribution in [-0.2, 0) is 0 Å². The predicted octanol–water partition coefficient (Wildman–Crippen LogP) is 2.81. The molecule has 2 unspecified atom stereocenters. The van der Waals surface area contributed by atoms with Crippen molar-refractivity contribution >= 4 is 5.95 Å². The molecule has 4 nitrogen and oxygen atoms in total. The van der Waals surface area contributed by atoms with Gasteiger partial charge in [-0.2, -0.15) is 0 Å². The first-order chi connectivity index (χ1) is 9.29. The van der Waals surface area contributed by atoms with Crippen LogP contribution >= 0.6 is 0 Å². The van der Waals surface area contributed by atoms with Gasteiger partial charge in [0.15, 0.2) is 0 Å². The zero-order valence-corrected chi connectivity index (χ0v) is 12.2. The van der Waals surface area contributed by atoms with E-state index in [4.69, 9.17) is 0 Å². The average Bonchev–Trinajstić information content (AvgIpc) is 3.04. The number of anilines is 1. The third kappa shape index (κ3) is 2.50. The zero-order chi connectivity index (χ0) is 13.2. The molecule has 1 aromatic heterocycles. The summed E-state index contributed by atoms with van der Waals surface area (Å²) in [6.07, 6.45) is 8.69. The molecule has 1 aromatic rings. The predicted molar refractivity (Wildman–Crippen MR) is 78.6 cm³/mol. The largest absolute Gasteiger partial charge is 0.356 e. The monoisotopic (exact) mass is 262 g/mol. The Morgan fingerprint density at radius 2 is 2.21 bits per heavy atom. The number of rotatable bonds is 5. The van der Waals surface area contributed by atoms with Gasteiger partial charge in [-0.25, -0.2) is 4.98 Å². The molecule has 2 fully saturated rings. The second-order valence-electron chi connectivity index (χ2n) is 6.00. The van der Waals surface area contributed by atoms with Gasteiger partial charge < -0.3 is 9.88 Å². The molecule has 4 heteroatoms. The molecule has 0 aromatic carbocycles. The lowest BCUT2D eigenvalue weighted by Gasteiger charge is -2.23. The van der Waals surface area contributed by atoms with Crippen LogP contribution in [-0.4, -0.2) is 40.1 Å². The van der Waals surface area contributed by atoms with E-state index < -0.39 is 0 Å². The third-order valence-electron chi connectivity index (χ3n) is 4.59. The van der Waals surface area contributed by atoms with Crippen LogP contribution in [0, 0.1) is 6.92 Å². The third-order valence-corrected chi connectivity index (χ3v) is 4.59. The quantitative estimate of drug-likeness (QED) is 0.828. The fourth-order valence-electron chi connectivity index (χ4n) is 3.66. The summed E-state index contributed by atoms with van der Waals surface area (Å²) in [4.78, 5) is 7.34. The second-order valence-corrected chi connectivity index (χ2v) is 6.00. The molecule has 19 heavy (non-hydrogen) atoms. The Hall–Kier alpha value is -1.03. The van der Waals surface area contributed by atoms with Gasteiger partial charge in [-0.1, -0.05) is 13.3 Å². The van der Waals surface area contributed by atoms with Crippen molar-refractivity contribution in [1.29, 1.82) is 0 Å². The van der Waals surface area contributed by atoms with Crippen molar-refractivity contribution in [3.8, 4) is 0 Å². The van der Waals surface area contributed by atoms with Gasteiger partial charge >= 0.3 is 0 Å². The molecule has 106 valence electrons. The standard InChI is InChI=1S/C15H26N4/c1-3-4-8-16-15-17-12(2)11-19(15)14-7-10-18-9-5-6-13(14)18/h11,13-14H,3-10H2,1-2H3,(H,16,17). The minimum atomic E-state index is 0.632. The molecule has 2 aliphatic heterocycles. The maximum absolute atomic E-state index is 4.67. The minimum absolute atomic E-state index is 0.632. The Morgan fingerprint density at radius 3 is 3.05 bits per heavy atom. The smallest absolute Gasteiger partial charge is 0.203 e. The van der Waals surface area contributed by atoms with Gasteiger partial charge in [0, 0.05) is 25.3 Å². The molecule has 0 amide bonds. The van der Waals surface area contributed by atoms with E-state index in [2.05, 4.69) is 39.8 Å². The van der Waals surface area contributed by atoms with Crippen molar-refractivity contribution in [3.63, 3.8) is 0 Å². The van der Waals surface area contributed by atoms with Crippen molar-refractivity contribution in [2.45, 2.75) is 58.0 Å². The molecule has 2 saturated heterocycles. The lowest BCUT2D eigenvalue weighted by molar-refractivity contribution is 0.291. The molecule has 0 spiro atoms. The zero-order valence-electron chi connectivity index (χ0n) is 12.2. The van der Waals surface area contributed by atoms with Crippen LogP contribution in [0.3, 0.4) is 0 Å². The van der Waals surface area contributed by atoms with Gasteiger partial charge in [-0.3, -0.25) is 4.90 Å². The topological polar surface area (TPSA) is 33.1 Å². The number of aryl methyl sites for hydroxylation is 1. The number of hydrogen-bond donors (Lipinski definition) is 1. The van der Waals surface area contributed by atoms with E-state index in [1.807, 2.05) is 0 Å². The van der Waals surface area contributed by atoms with Gasteiger partial charge in [-0.15, -0.1) is 0 Å². The highest BCUT2D eigenvalue weighted by atomic mass is 15.3. The van der Waals surface area contributed by atoms with E-state index in [1.54, 1.807) is 0 Å². The molecular formula is C15H26N4. The molecular weight excluding hydrogens is 236 g/mol. The maximum atomic E-state index is 4.67. The van der Waals surface area contributed by atoms with E-state index in [-0.39, 0.29) is 0 Å². The summed E-state index contributed by atoms with van der Waals surface area (Å²) in [5.41, 5.74) is 1.13. The van der Waals surface area contributed by atoms with Gasteiger partial charge in [0.05, 0.1) is 11.7 Å². The second kappa shape index (κ2) is 5.53. The molecule has 0 aliphatic carbocycles. The van der Waals surface area contributed by atoms with E-state index in [9.17, 15) is 0 Å². The van der Waals surface area contributed by atoms with Crippen LogP contribution in [0.1, 0.15) is 50.8 Å². The summed E-state index contributed by atoms with van der Waals surface area (Å²) < 4.78 is 2.42. The first-order valence-corrected chi connectivity index (χ1v) is 7.83. The lowest BCUT2D eigenvalue weighted by Crippen LogP contribution is -2.28. The highest BCUT2D eigenvalue weighted by Crippen LogP contribution is 2.37. The van der Waals surface area contributed by atoms with Crippen molar-refractivity contribution < 1.29 is 0 Å². The summed E-state index contributed by atoms with van der Waals surface area (Å²) in [6, 6.07) is 1.38. The van der Waals surface area contributed by atoms with E-state index in [1.165, 1.54) is 45.2 Å². The fourth-order valence-corrected chi connectivity index (χ4v) is 3.66. The van der Waals surface area contributed by atoms with Gasteiger partial charge in [-0.05, 0) is 39.2 Å². The van der Waals surface area contributed by atoms with E-state index >= 15 is 0 Å². The Bertz CT molecular complexity index is 426. The molecule has 0 saturated carbocycles. The van der Waals surface area contributed by atoms with Crippen LogP contribution in [0.4, 0.5) is 5.95 Å². The number of imidazole rings is 1. The van der Waals surface area contributed by atoms with Crippen molar-refractivity contribution in [2.24, 2.45) is 0 Å². The average molecular weight is 262 g/mol. The Balaban J connectivity index is 1.76. The lowest BCUT2D eigenvalue weighted by atomic mass is 10.1. The van der Waals surface area contributed by atoms with Gasteiger partial charge in [0.2, 0.25) is 5.95 Å². The van der Waals surface area contributed by atoms with Crippen LogP contribution < -0.4 is 5.32 Å². The molecule has 1 N–H and O–H groups in total. The van der Waals surface area contributed by atoms with Crippen LogP contribution in [0.5, 0.6) is 0 Å². The van der Waals surface area contributed by atoms with E-state index in [0.29, 0.717) is 6.04 Å². The van der Waals surface area contributed by atoms with Gasteiger partial charge in [0.1, 0.15) is 0 Å². The summed E-state index contributed by atoms with van der Waals surface area (Å²) in [5.74, 6) is 1.09. The highest BCUT2D eigenvalue weighted by molar-refractivity contribution is 5.30. The normalized spacial score (nSPS) is 26.8. The molecule has 3 heterocycles. The molecule has 2 atom stereocenters. The first-order valence-electron chi connectivity index (χ1n) is 7.83. The summed E-state index contributed by atoms with van der Waals surface area (Å²) in [7, 11) is 0. The summed E-state index contributed by atoms with van der Waals surface area (Å²) in [5, 5.41) is 3.53. The summed E-state index contributed by atoms with van der Waals surface area (Å²) >= 11 is 0. The van der Waals surface area contributed by atoms with Crippen LogP contribution in [0.15, 0.2) is 6.20 Å². The molecule has 0 bridgehead atoms. The van der Waals surface area contributed by atoms with Gasteiger partial charge in [0.25, 0.3) is 0 Å². The van der Waals surface area contributed by atoms with Crippen LogP contribution in [0.2, 0.25) is 0 Å². The van der Waals surface area contributed by atoms with Crippen molar-refractivity contribution in [2.75, 3.05) is 25.0 Å². The first kappa shape index (κ1) is 13.0. The van der Waals surface area contributed by atoms with Crippen molar-refractivity contribution in [1.82, 2.24) is 14.5 Å². The molecule has 3 rings (SSSR count). The number of fused-ring (bicyclic) bond motifs is 1. The number of hydrogen-bond acceptors (Lipinski definition) is 3. The molecule has 0 radical (unpaired) electrons. The minimum Gasteiger partial charge on any atom is -0.356 e. The SMILES string of the molecule is CCCCNc1nc(C)cn1C1CCN2CCCC12. The van der Waals surface area contributed by atoms with E-state index in [0.717, 1.165) is 24.2 Å². The number of nitrogens with one attached hydrogen (secondary N) is 1. The Kier molecular flexibility index (Phi) is 3.78. The number of unbranched alkanes of at least 4 members (excludes halogenated alkanes) is 1. The fraction of sp³-hybridized carbons (Fsp3) is 0.800. The van der Waals surface area contributed by atoms with Crippen LogP contribution in [0.25, 0.3) is 0 Å². The van der Waals surface area contributed by atoms with Crippen molar-refractivity contribution in [3.05, 3.63) is 11.9 Å². The Morgan fingerprint density at radius 1 is 1.32 bits per heavy atom.